The summed E-state index contributed by atoms with van der Waals surface area (Å²) in [5.41, 5.74) is 3.31. The molecule has 0 fully saturated rings. The summed E-state index contributed by atoms with van der Waals surface area (Å²) in [6.45, 7) is 13.6. The van der Waals surface area contributed by atoms with Crippen LogP contribution in [0.3, 0.4) is 0 Å². The molecule has 0 aromatic heterocycles. The first-order chi connectivity index (χ1) is 16.7. The van der Waals surface area contributed by atoms with Gasteiger partial charge in [-0.1, -0.05) is 0 Å². The summed E-state index contributed by atoms with van der Waals surface area (Å²) in [4.78, 5) is 0. The minimum absolute atomic E-state index is 0.0703. The van der Waals surface area contributed by atoms with Crippen molar-refractivity contribution in [3.8, 4) is 0 Å². The predicted octanol–water partition coefficient (Wildman–Crippen LogP) is 4.71. The summed E-state index contributed by atoms with van der Waals surface area (Å²) in [6.07, 6.45) is -7.13. The predicted molar refractivity (Wildman–Crippen MR) is 120 cm³/mol. The molecule has 0 saturated carbocycles. The maximum Gasteiger partial charge on any atom is 0.460 e. The van der Waals surface area contributed by atoms with Gasteiger partial charge in [0.05, 0.1) is 0 Å². The van der Waals surface area contributed by atoms with Gasteiger partial charge in [-0.3, -0.25) is 4.55 Å². The fraction of sp³-hybridized carbons (Fsp3) is 0.500. The van der Waals surface area contributed by atoms with Crippen LogP contribution in [0.25, 0.3) is 0 Å². The van der Waals surface area contributed by atoms with Gasteiger partial charge < -0.3 is 0 Å². The van der Waals surface area contributed by atoms with Crippen LogP contribution in [-0.2, 0) is 20.9 Å². The molecule has 0 spiro atoms. The van der Waals surface area contributed by atoms with E-state index in [1.54, 1.807) is 0 Å². The van der Waals surface area contributed by atoms with Crippen molar-refractivity contribution in [2.24, 2.45) is 0 Å². The molecule has 0 bridgehead atoms. The van der Waals surface area contributed by atoms with Crippen molar-refractivity contribution in [2.75, 3.05) is 0 Å². The summed E-state index contributed by atoms with van der Waals surface area (Å²) in [5, 5.41) is -7.00. The van der Waals surface area contributed by atoms with Gasteiger partial charge in [-0.2, -0.15) is 47.9 Å². The van der Waals surface area contributed by atoms with E-state index in [4.69, 9.17) is 4.55 Å². The Hall–Kier alpha value is -1.55. The molecule has 0 heterocycles. The number of alkyl halides is 9. The monoisotopic (exact) mass is 693 g/mol. The summed E-state index contributed by atoms with van der Waals surface area (Å²) < 4.78 is 137. The van der Waals surface area contributed by atoms with E-state index in [9.17, 15) is 47.9 Å². The first-order valence-electron chi connectivity index (χ1n) is 10.7. The molecule has 2 rings (SSSR count). The van der Waals surface area contributed by atoms with Crippen molar-refractivity contribution >= 4 is 10.1 Å². The maximum atomic E-state index is 12.2. The van der Waals surface area contributed by atoms with Gasteiger partial charge in [-0.05, 0) is 0 Å². The topological polar surface area (TPSA) is 54.4 Å². The van der Waals surface area contributed by atoms with E-state index < -0.39 is 33.4 Å². The van der Waals surface area contributed by atoms with Gasteiger partial charge >= 0.3 is 174 Å². The van der Waals surface area contributed by atoms with Gasteiger partial charge in [0, 0.05) is 0 Å². The van der Waals surface area contributed by atoms with E-state index in [1.807, 2.05) is 0 Å². The molecule has 2 aromatic rings. The largest absolute Gasteiger partial charge is 0.460 e. The van der Waals surface area contributed by atoms with Gasteiger partial charge in [0.2, 0.25) is 0 Å². The number of rotatable bonds is 5. The molecule has 2 aromatic carbocycles. The molecular formula is C24H27F9IO3S-. The van der Waals surface area contributed by atoms with Gasteiger partial charge in [-0.25, -0.2) is 0 Å². The molecule has 1 N–H and O–H groups in total. The van der Waals surface area contributed by atoms with E-state index >= 15 is 0 Å². The van der Waals surface area contributed by atoms with E-state index in [-0.39, 0.29) is 32.0 Å². The standard InChI is InChI=1S/C20H26I.C4HF9O3S/c1-19(2,3)15-7-11-17(12-8-15)21-18-13-9-16(10-14-18)20(4,5)6;5-1(6,3(9,10)11)2(7,8)4(12,13)17(14,15)16/h7-14H,1-6H3;(H,14,15,16)/q-1;. The van der Waals surface area contributed by atoms with Crippen LogP contribution in [-0.4, -0.2) is 36.2 Å². The molecule has 3 nitrogen and oxygen atoms in total. The smallest absolute Gasteiger partial charge is 0.281 e. The average molecular weight is 693 g/mol. The Morgan fingerprint density at radius 3 is 1.08 bits per heavy atom. The van der Waals surface area contributed by atoms with Gasteiger partial charge in [0.25, 0.3) is 0 Å². The molecule has 0 aliphatic heterocycles. The Bertz CT molecular complexity index is 1120. The maximum absolute atomic E-state index is 12.2. The molecule has 0 atom stereocenters. The van der Waals surface area contributed by atoms with Crippen molar-refractivity contribution in [1.29, 1.82) is 0 Å². The minimum Gasteiger partial charge on any atom is -0.281 e. The number of halogens is 10. The normalized spacial score (nSPS) is 14.2. The van der Waals surface area contributed by atoms with Crippen LogP contribution in [0, 0.1) is 7.14 Å². The molecular weight excluding hydrogens is 666 g/mol. The van der Waals surface area contributed by atoms with E-state index in [2.05, 4.69) is 90.1 Å². The van der Waals surface area contributed by atoms with Crippen LogP contribution in [0.2, 0.25) is 0 Å². The summed E-state index contributed by atoms with van der Waals surface area (Å²) in [7, 11) is -7.17. The van der Waals surface area contributed by atoms with Crippen LogP contribution in [0.5, 0.6) is 0 Å². The van der Waals surface area contributed by atoms with Crippen LogP contribution < -0.4 is 21.2 Å². The van der Waals surface area contributed by atoms with Crippen molar-refractivity contribution in [3.05, 3.63) is 66.8 Å². The Morgan fingerprint density at radius 1 is 0.579 bits per heavy atom. The van der Waals surface area contributed by atoms with Crippen LogP contribution in [0.4, 0.5) is 39.5 Å². The number of benzene rings is 2. The molecule has 38 heavy (non-hydrogen) atoms. The first kappa shape index (κ1) is 34.5. The second-order valence-electron chi connectivity index (χ2n) is 10.2. The van der Waals surface area contributed by atoms with Crippen LogP contribution in [0.1, 0.15) is 52.7 Å². The fourth-order valence-corrected chi connectivity index (χ4v) is 5.28. The van der Waals surface area contributed by atoms with E-state index in [0.717, 1.165) is 0 Å². The zero-order chi connectivity index (χ0) is 30.2. The number of hydrogen-bond donors (Lipinski definition) is 1. The second kappa shape index (κ2) is 11.1. The minimum atomic E-state index is -7.37. The molecule has 218 valence electrons. The molecule has 0 saturated heterocycles. The Kier molecular flexibility index (Phi) is 10.1. The second-order valence-corrected chi connectivity index (χ2v) is 14.7. The first-order valence-corrected chi connectivity index (χ1v) is 14.3. The molecule has 0 radical (unpaired) electrons. The van der Waals surface area contributed by atoms with Crippen molar-refractivity contribution in [1.82, 2.24) is 0 Å². The van der Waals surface area contributed by atoms with Crippen molar-refractivity contribution in [2.45, 2.75) is 75.6 Å². The Labute approximate surface area is 225 Å². The van der Waals surface area contributed by atoms with Gasteiger partial charge in [0.15, 0.2) is 0 Å². The molecule has 14 heteroatoms. The van der Waals surface area contributed by atoms with Crippen LogP contribution >= 0.6 is 0 Å². The Balaban J connectivity index is 0.000000391. The third kappa shape index (κ3) is 7.77. The number of hydrogen-bond acceptors (Lipinski definition) is 2. The summed E-state index contributed by atoms with van der Waals surface area (Å²) >= 11 is -0.0703. The third-order valence-electron chi connectivity index (χ3n) is 5.08. The molecule has 0 aliphatic rings. The van der Waals surface area contributed by atoms with E-state index in [0.29, 0.717) is 0 Å². The van der Waals surface area contributed by atoms with Crippen LogP contribution in [0.15, 0.2) is 48.5 Å². The quantitative estimate of drug-likeness (QED) is 0.281. The fourth-order valence-electron chi connectivity index (χ4n) is 2.67. The Morgan fingerprint density at radius 2 is 0.868 bits per heavy atom. The average Bonchev–Trinajstić information content (AvgIpc) is 2.72. The van der Waals surface area contributed by atoms with Gasteiger partial charge in [0.1, 0.15) is 0 Å². The zero-order valence-corrected chi connectivity index (χ0v) is 24.0. The molecule has 0 amide bonds. The zero-order valence-electron chi connectivity index (χ0n) is 21.1. The summed E-state index contributed by atoms with van der Waals surface area (Å²) in [5.74, 6) is -14.7. The molecule has 0 aliphatic carbocycles. The molecule has 0 unspecified atom stereocenters. The SMILES string of the molecule is CC(C)(C)c1ccc([I-]c2ccc(C(C)(C)C)cc2)cc1.O=S(=O)(O)C(F)(F)C(F)(F)C(F)(F)C(F)(F)F. The van der Waals surface area contributed by atoms with E-state index in [1.165, 1.54) is 18.3 Å². The van der Waals surface area contributed by atoms with Gasteiger partial charge in [-0.15, -0.1) is 0 Å². The third-order valence-corrected chi connectivity index (χ3v) is 8.67. The van der Waals surface area contributed by atoms with Crippen molar-refractivity contribution < 1.29 is 73.7 Å². The van der Waals surface area contributed by atoms with Crippen molar-refractivity contribution in [3.63, 3.8) is 0 Å². The summed E-state index contributed by atoms with van der Waals surface area (Å²) in [6, 6.07) is 18.4.